The minimum Gasteiger partial charge on any atom is -0.465 e. The van der Waals surface area contributed by atoms with E-state index in [1.165, 1.54) is 5.56 Å². The van der Waals surface area contributed by atoms with Crippen LogP contribution in [0, 0.1) is 23.2 Å². The van der Waals surface area contributed by atoms with Crippen molar-refractivity contribution in [3.05, 3.63) is 48.0 Å². The van der Waals surface area contributed by atoms with E-state index >= 15 is 0 Å². The first-order valence-electron chi connectivity index (χ1n) is 7.53. The average Bonchev–Trinajstić information content (AvgIpc) is 2.53. The normalized spacial score (nSPS) is 21.4. The molecular weight excluding hydrogens is 262 g/mol. The van der Waals surface area contributed by atoms with Gasteiger partial charge in [-0.25, -0.2) is 0 Å². The summed E-state index contributed by atoms with van der Waals surface area (Å²) in [7, 11) is 0. The molecule has 3 heteroatoms. The number of nitriles is 1. The Hall–Kier alpha value is -2.08. The smallest absolute Gasteiger partial charge is 0.309 e. The Morgan fingerprint density at radius 2 is 2.10 bits per heavy atom. The van der Waals surface area contributed by atoms with Gasteiger partial charge in [-0.2, -0.15) is 5.26 Å². The Balaban J connectivity index is 1.76. The largest absolute Gasteiger partial charge is 0.465 e. The maximum absolute atomic E-state index is 11.8. The second-order valence-corrected chi connectivity index (χ2v) is 5.52. The van der Waals surface area contributed by atoms with Crippen molar-refractivity contribution in [1.29, 1.82) is 5.26 Å². The molecule has 3 nitrogen and oxygen atoms in total. The van der Waals surface area contributed by atoms with Crippen molar-refractivity contribution in [1.82, 2.24) is 0 Å². The molecule has 2 atom stereocenters. The molecule has 0 spiro atoms. The van der Waals surface area contributed by atoms with Crippen LogP contribution in [0.15, 0.2) is 36.9 Å². The average molecular weight is 283 g/mol. The topological polar surface area (TPSA) is 50.1 Å². The number of hydrogen-bond donors (Lipinski definition) is 0. The molecule has 1 aromatic carbocycles. The predicted octanol–water partition coefficient (Wildman–Crippen LogP) is 3.64. The molecule has 0 bridgehead atoms. The number of unbranched alkanes of at least 4 members (excludes halogenated alkanes) is 1. The van der Waals surface area contributed by atoms with Crippen LogP contribution in [-0.2, 0) is 16.0 Å². The number of hydrogen-bond acceptors (Lipinski definition) is 3. The summed E-state index contributed by atoms with van der Waals surface area (Å²) in [5.74, 6) is 0.183. The molecule has 1 aliphatic rings. The van der Waals surface area contributed by atoms with Crippen LogP contribution in [0.25, 0.3) is 0 Å². The minimum atomic E-state index is -0.0653. The first kappa shape index (κ1) is 15.3. The molecule has 1 heterocycles. The molecule has 1 aliphatic heterocycles. The van der Waals surface area contributed by atoms with Crippen molar-refractivity contribution in [2.75, 3.05) is 6.61 Å². The molecule has 0 amide bonds. The van der Waals surface area contributed by atoms with E-state index in [-0.39, 0.29) is 17.8 Å². The van der Waals surface area contributed by atoms with E-state index in [2.05, 4.69) is 12.6 Å². The Morgan fingerprint density at radius 1 is 1.33 bits per heavy atom. The van der Waals surface area contributed by atoms with E-state index in [9.17, 15) is 4.79 Å². The van der Waals surface area contributed by atoms with Crippen LogP contribution in [0.5, 0.6) is 0 Å². The van der Waals surface area contributed by atoms with Crippen LogP contribution in [0.4, 0.5) is 0 Å². The third-order valence-electron chi connectivity index (χ3n) is 4.13. The van der Waals surface area contributed by atoms with Gasteiger partial charge in [-0.05, 0) is 49.3 Å². The summed E-state index contributed by atoms with van der Waals surface area (Å²) in [5, 5.41) is 8.76. The van der Waals surface area contributed by atoms with Crippen molar-refractivity contribution in [3.8, 4) is 6.07 Å². The number of carbonyl (C=O) groups is 1. The minimum absolute atomic E-state index is 0.0165. The van der Waals surface area contributed by atoms with Crippen LogP contribution >= 0.6 is 0 Å². The van der Waals surface area contributed by atoms with Crippen LogP contribution in [0.1, 0.15) is 36.8 Å². The number of allylic oxidation sites excluding steroid dienone is 1. The first-order chi connectivity index (χ1) is 10.2. The fourth-order valence-corrected chi connectivity index (χ4v) is 2.83. The second-order valence-electron chi connectivity index (χ2n) is 5.52. The van der Waals surface area contributed by atoms with Crippen molar-refractivity contribution < 1.29 is 9.53 Å². The SMILES string of the molecule is C=CC1CCOC(=O)C1CCCCc1ccc(C#N)cc1. The molecule has 0 N–H and O–H groups in total. The number of cyclic esters (lactones) is 1. The lowest BCUT2D eigenvalue weighted by Gasteiger charge is -2.27. The predicted molar refractivity (Wildman–Crippen MR) is 81.5 cm³/mol. The molecule has 0 saturated carbocycles. The van der Waals surface area contributed by atoms with Crippen molar-refractivity contribution >= 4 is 5.97 Å². The lowest BCUT2D eigenvalue weighted by Crippen LogP contribution is -2.31. The quantitative estimate of drug-likeness (QED) is 0.455. The van der Waals surface area contributed by atoms with E-state index in [0.717, 1.165) is 32.1 Å². The van der Waals surface area contributed by atoms with Gasteiger partial charge in [0.15, 0.2) is 0 Å². The fraction of sp³-hybridized carbons (Fsp3) is 0.444. The molecule has 1 fully saturated rings. The van der Waals surface area contributed by atoms with Crippen molar-refractivity contribution in [3.63, 3.8) is 0 Å². The van der Waals surface area contributed by atoms with Gasteiger partial charge in [0, 0.05) is 0 Å². The van der Waals surface area contributed by atoms with Gasteiger partial charge in [-0.15, -0.1) is 6.58 Å². The summed E-state index contributed by atoms with van der Waals surface area (Å²) < 4.78 is 5.15. The van der Waals surface area contributed by atoms with E-state index < -0.39 is 0 Å². The van der Waals surface area contributed by atoms with Crippen LogP contribution in [0.3, 0.4) is 0 Å². The molecule has 21 heavy (non-hydrogen) atoms. The molecule has 0 aliphatic carbocycles. The Morgan fingerprint density at radius 3 is 2.76 bits per heavy atom. The van der Waals surface area contributed by atoms with Crippen LogP contribution in [-0.4, -0.2) is 12.6 Å². The molecule has 1 saturated heterocycles. The zero-order valence-corrected chi connectivity index (χ0v) is 12.3. The highest BCUT2D eigenvalue weighted by atomic mass is 16.5. The van der Waals surface area contributed by atoms with E-state index in [4.69, 9.17) is 10.00 Å². The fourth-order valence-electron chi connectivity index (χ4n) is 2.83. The number of rotatable bonds is 6. The number of ether oxygens (including phenoxy) is 1. The van der Waals surface area contributed by atoms with Crippen LogP contribution in [0.2, 0.25) is 0 Å². The second kappa shape index (κ2) is 7.64. The Kier molecular flexibility index (Phi) is 5.57. The van der Waals surface area contributed by atoms with E-state index in [0.29, 0.717) is 12.2 Å². The number of aryl methyl sites for hydroxylation is 1. The molecule has 2 rings (SSSR count). The Labute approximate surface area is 126 Å². The van der Waals surface area contributed by atoms with E-state index in [1.54, 1.807) is 0 Å². The highest BCUT2D eigenvalue weighted by Gasteiger charge is 2.30. The molecule has 0 aromatic heterocycles. The monoisotopic (exact) mass is 283 g/mol. The van der Waals surface area contributed by atoms with Gasteiger partial charge in [0.1, 0.15) is 0 Å². The highest BCUT2D eigenvalue weighted by Crippen LogP contribution is 2.28. The molecular formula is C18H21NO2. The third-order valence-corrected chi connectivity index (χ3v) is 4.13. The van der Waals surface area contributed by atoms with Crippen LogP contribution < -0.4 is 0 Å². The van der Waals surface area contributed by atoms with Gasteiger partial charge in [0.25, 0.3) is 0 Å². The number of carbonyl (C=O) groups excluding carboxylic acids is 1. The van der Waals surface area contributed by atoms with Gasteiger partial charge >= 0.3 is 5.97 Å². The zero-order chi connectivity index (χ0) is 15.1. The lowest BCUT2D eigenvalue weighted by atomic mass is 9.84. The molecule has 1 aromatic rings. The van der Waals surface area contributed by atoms with Gasteiger partial charge in [-0.3, -0.25) is 4.79 Å². The highest BCUT2D eigenvalue weighted by molar-refractivity contribution is 5.73. The Bertz CT molecular complexity index is 527. The maximum atomic E-state index is 11.8. The van der Waals surface area contributed by atoms with Gasteiger partial charge in [0.05, 0.1) is 24.2 Å². The molecule has 0 radical (unpaired) electrons. The van der Waals surface area contributed by atoms with Crippen molar-refractivity contribution in [2.24, 2.45) is 11.8 Å². The van der Waals surface area contributed by atoms with Gasteiger partial charge in [-0.1, -0.05) is 24.6 Å². The zero-order valence-electron chi connectivity index (χ0n) is 12.3. The standard InChI is InChI=1S/C18H21NO2/c1-2-16-11-12-21-18(20)17(16)6-4-3-5-14-7-9-15(13-19)10-8-14/h2,7-10,16-17H,1,3-6,11-12H2. The van der Waals surface area contributed by atoms with Gasteiger partial charge in [0.2, 0.25) is 0 Å². The summed E-state index contributed by atoms with van der Waals surface area (Å²) >= 11 is 0. The first-order valence-corrected chi connectivity index (χ1v) is 7.53. The summed E-state index contributed by atoms with van der Waals surface area (Å²) in [6, 6.07) is 9.82. The number of benzene rings is 1. The third kappa shape index (κ3) is 4.19. The lowest BCUT2D eigenvalue weighted by molar-refractivity contribution is -0.155. The summed E-state index contributed by atoms with van der Waals surface area (Å²) in [5.41, 5.74) is 1.93. The number of nitrogens with zero attached hydrogens (tertiary/aromatic N) is 1. The summed E-state index contributed by atoms with van der Waals surface area (Å²) in [6.07, 6.45) is 6.68. The van der Waals surface area contributed by atoms with Gasteiger partial charge < -0.3 is 4.74 Å². The molecule has 110 valence electrons. The molecule has 2 unspecified atom stereocenters. The summed E-state index contributed by atoms with van der Waals surface area (Å²) in [4.78, 5) is 11.8. The number of esters is 1. The summed E-state index contributed by atoms with van der Waals surface area (Å²) in [6.45, 7) is 4.35. The maximum Gasteiger partial charge on any atom is 0.309 e. The van der Waals surface area contributed by atoms with E-state index in [1.807, 2.05) is 30.3 Å². The van der Waals surface area contributed by atoms with Crippen molar-refractivity contribution in [2.45, 2.75) is 32.1 Å².